The topological polar surface area (TPSA) is 46.6 Å². The van der Waals surface area contributed by atoms with Crippen molar-refractivity contribution in [2.75, 3.05) is 7.11 Å². The number of ether oxygens (including phenoxy) is 1. The Morgan fingerprint density at radius 2 is 1.92 bits per heavy atom. The van der Waals surface area contributed by atoms with E-state index >= 15 is 0 Å². The van der Waals surface area contributed by atoms with Gasteiger partial charge in [-0.1, -0.05) is 55.5 Å². The van der Waals surface area contributed by atoms with Gasteiger partial charge in [-0.3, -0.25) is 4.79 Å². The summed E-state index contributed by atoms with van der Waals surface area (Å²) in [5.74, 6) is -3.47. The van der Waals surface area contributed by atoms with Gasteiger partial charge >= 0.3 is 18.1 Å². The van der Waals surface area contributed by atoms with Crippen LogP contribution >= 0.6 is 0 Å². The van der Waals surface area contributed by atoms with Gasteiger partial charge in [-0.25, -0.2) is 4.79 Å². The summed E-state index contributed by atoms with van der Waals surface area (Å²) in [6, 6.07) is 7.35. The van der Waals surface area contributed by atoms with Gasteiger partial charge in [0.2, 0.25) is 0 Å². The maximum absolute atomic E-state index is 13.4. The van der Waals surface area contributed by atoms with Crippen molar-refractivity contribution in [3.8, 4) is 0 Å². The Hall–Kier alpha value is -2.57. The van der Waals surface area contributed by atoms with Gasteiger partial charge in [0.15, 0.2) is 5.54 Å². The fraction of sp³-hybridized carbons (Fsp3) is 0.368. The van der Waals surface area contributed by atoms with Gasteiger partial charge < -0.3 is 9.64 Å². The highest BCUT2D eigenvalue weighted by molar-refractivity contribution is 5.93. The number of benzene rings is 1. The first-order chi connectivity index (χ1) is 12.2. The second-order valence-corrected chi connectivity index (χ2v) is 6.16. The number of alkyl halides is 3. The van der Waals surface area contributed by atoms with Crippen LogP contribution in [0.1, 0.15) is 24.9 Å². The smallest absolute Gasteiger partial charge is 0.467 e. The third-order valence-electron chi connectivity index (χ3n) is 4.48. The van der Waals surface area contributed by atoms with Crippen molar-refractivity contribution < 1.29 is 27.5 Å². The maximum Gasteiger partial charge on any atom is 0.471 e. The van der Waals surface area contributed by atoms with Crippen molar-refractivity contribution in [2.45, 2.75) is 31.1 Å². The van der Waals surface area contributed by atoms with Crippen LogP contribution in [0.2, 0.25) is 0 Å². The molecule has 0 radical (unpaired) electrons. The molecule has 1 amide bonds. The molecule has 3 atom stereocenters. The summed E-state index contributed by atoms with van der Waals surface area (Å²) < 4.78 is 45.0. The summed E-state index contributed by atoms with van der Waals surface area (Å²) >= 11 is 0. The van der Waals surface area contributed by atoms with Gasteiger partial charge in [-0.2, -0.15) is 13.2 Å². The molecular weight excluding hydrogens is 347 g/mol. The lowest BCUT2D eigenvalue weighted by Gasteiger charge is -2.48. The lowest BCUT2D eigenvalue weighted by molar-refractivity contribution is -0.199. The largest absolute Gasteiger partial charge is 0.471 e. The van der Waals surface area contributed by atoms with Crippen LogP contribution in [0, 0.1) is 5.92 Å². The number of carbonyl (C=O) groups is 2. The average Bonchev–Trinajstić information content (AvgIpc) is 2.61. The van der Waals surface area contributed by atoms with Crippen molar-refractivity contribution in [2.24, 2.45) is 5.92 Å². The van der Waals surface area contributed by atoms with Crippen molar-refractivity contribution in [1.82, 2.24) is 4.90 Å². The van der Waals surface area contributed by atoms with E-state index in [-0.39, 0.29) is 6.42 Å². The molecule has 0 N–H and O–H groups in total. The average molecular weight is 367 g/mol. The van der Waals surface area contributed by atoms with Crippen LogP contribution in [-0.2, 0) is 14.3 Å². The molecule has 1 aromatic rings. The molecule has 0 spiro atoms. The molecule has 140 valence electrons. The highest BCUT2D eigenvalue weighted by Gasteiger charge is 2.57. The summed E-state index contributed by atoms with van der Waals surface area (Å²) in [7, 11) is 1.08. The first kappa shape index (κ1) is 19.8. The summed E-state index contributed by atoms with van der Waals surface area (Å²) in [5, 5.41) is 0. The number of carbonyl (C=O) groups excluding carboxylic acids is 2. The Morgan fingerprint density at radius 1 is 1.31 bits per heavy atom. The van der Waals surface area contributed by atoms with Crippen LogP contribution in [0.25, 0.3) is 0 Å². The molecule has 1 heterocycles. The highest BCUT2D eigenvalue weighted by atomic mass is 19.4. The predicted molar refractivity (Wildman–Crippen MR) is 89.9 cm³/mol. The van der Waals surface area contributed by atoms with Gasteiger partial charge in [0.25, 0.3) is 0 Å². The molecule has 0 saturated carbocycles. The summed E-state index contributed by atoms with van der Waals surface area (Å²) in [6.07, 6.45) is -1.09. The zero-order chi connectivity index (χ0) is 19.5. The molecule has 1 aliphatic rings. The molecule has 7 heteroatoms. The molecule has 26 heavy (non-hydrogen) atoms. The van der Waals surface area contributed by atoms with Gasteiger partial charge in [-0.05, 0) is 11.5 Å². The third kappa shape index (κ3) is 3.38. The van der Waals surface area contributed by atoms with Gasteiger partial charge in [0.1, 0.15) is 0 Å². The van der Waals surface area contributed by atoms with Gasteiger partial charge in [-0.15, -0.1) is 6.58 Å². The van der Waals surface area contributed by atoms with E-state index in [9.17, 15) is 22.8 Å². The van der Waals surface area contributed by atoms with Crippen molar-refractivity contribution in [3.63, 3.8) is 0 Å². The standard InChI is InChI=1S/C19H20F3NO3/c1-4-11-18(17(25)26-3)12-10-13(2)15(14-8-6-5-7-9-14)23(18)16(24)19(20,21)22/h4-10,12-13,15H,1,11H2,2-3H3/t13-,15-,18+/m0/s1. The maximum atomic E-state index is 13.4. The minimum atomic E-state index is -5.14. The van der Waals surface area contributed by atoms with E-state index in [1.54, 1.807) is 43.3 Å². The zero-order valence-corrected chi connectivity index (χ0v) is 14.5. The Morgan fingerprint density at radius 3 is 2.42 bits per heavy atom. The summed E-state index contributed by atoms with van der Waals surface area (Å²) in [6.45, 7) is 5.22. The van der Waals surface area contributed by atoms with Crippen LogP contribution < -0.4 is 0 Å². The lowest BCUT2D eigenvalue weighted by Crippen LogP contribution is -2.62. The van der Waals surface area contributed by atoms with E-state index in [1.807, 2.05) is 0 Å². The predicted octanol–water partition coefficient (Wildman–Crippen LogP) is 3.81. The van der Waals surface area contributed by atoms with Crippen molar-refractivity contribution in [1.29, 1.82) is 0 Å². The Bertz CT molecular complexity index is 714. The molecule has 0 aromatic heterocycles. The Balaban J connectivity index is 2.74. The van der Waals surface area contributed by atoms with Crippen LogP contribution in [0.4, 0.5) is 13.2 Å². The normalized spacial score (nSPS) is 25.7. The molecule has 0 unspecified atom stereocenters. The first-order valence-electron chi connectivity index (χ1n) is 8.03. The van der Waals surface area contributed by atoms with Crippen LogP contribution in [0.3, 0.4) is 0 Å². The van der Waals surface area contributed by atoms with Crippen molar-refractivity contribution >= 4 is 11.9 Å². The van der Waals surface area contributed by atoms with E-state index in [1.165, 1.54) is 12.2 Å². The minimum Gasteiger partial charge on any atom is -0.467 e. The molecule has 1 aromatic carbocycles. The molecule has 0 bridgehead atoms. The Labute approximate surface area is 149 Å². The van der Waals surface area contributed by atoms with Gasteiger partial charge in [0.05, 0.1) is 13.2 Å². The fourth-order valence-electron chi connectivity index (χ4n) is 3.34. The summed E-state index contributed by atoms with van der Waals surface area (Å²) in [5.41, 5.74) is -1.41. The van der Waals surface area contributed by atoms with Crippen LogP contribution in [0.15, 0.2) is 55.1 Å². The number of hydrogen-bond acceptors (Lipinski definition) is 3. The highest BCUT2D eigenvalue weighted by Crippen LogP contribution is 2.44. The van der Waals surface area contributed by atoms with E-state index in [4.69, 9.17) is 4.74 Å². The fourth-order valence-corrected chi connectivity index (χ4v) is 3.34. The number of hydrogen-bond donors (Lipinski definition) is 0. The van der Waals surface area contributed by atoms with Gasteiger partial charge in [0, 0.05) is 6.42 Å². The number of rotatable bonds is 4. The van der Waals surface area contributed by atoms with Crippen LogP contribution in [0.5, 0.6) is 0 Å². The van der Waals surface area contributed by atoms with Crippen LogP contribution in [-0.4, -0.2) is 35.6 Å². The number of methoxy groups -OCH3 is 1. The molecule has 4 nitrogen and oxygen atoms in total. The Kier molecular flexibility index (Phi) is 5.59. The lowest BCUT2D eigenvalue weighted by atomic mass is 9.79. The third-order valence-corrected chi connectivity index (χ3v) is 4.48. The second kappa shape index (κ2) is 7.35. The molecule has 0 fully saturated rings. The first-order valence-corrected chi connectivity index (χ1v) is 8.03. The van der Waals surface area contributed by atoms with Crippen molar-refractivity contribution in [3.05, 3.63) is 60.7 Å². The number of esters is 1. The molecular formula is C19H20F3NO3. The number of nitrogens with zero attached hydrogens (tertiary/aromatic N) is 1. The van der Waals surface area contributed by atoms with E-state index in [2.05, 4.69) is 6.58 Å². The van der Waals surface area contributed by atoms with E-state index in [0.29, 0.717) is 10.5 Å². The minimum absolute atomic E-state index is 0.200. The summed E-state index contributed by atoms with van der Waals surface area (Å²) in [4.78, 5) is 25.5. The molecule has 0 aliphatic carbocycles. The molecule has 1 aliphatic heterocycles. The number of amides is 1. The van der Waals surface area contributed by atoms with E-state index in [0.717, 1.165) is 7.11 Å². The second-order valence-electron chi connectivity index (χ2n) is 6.16. The quantitative estimate of drug-likeness (QED) is 0.601. The molecule has 0 saturated heterocycles. The van der Waals surface area contributed by atoms with E-state index < -0.39 is 35.6 Å². The molecule has 2 rings (SSSR count). The number of halogens is 3. The zero-order valence-electron chi connectivity index (χ0n) is 14.5. The SMILES string of the molecule is C=CC[C@]1(C(=O)OC)C=C[C@H](C)[C@@H](c2ccccc2)N1C(=O)C(F)(F)F. The monoisotopic (exact) mass is 367 g/mol.